The van der Waals surface area contributed by atoms with Crippen LogP contribution < -0.4 is 4.90 Å². The summed E-state index contributed by atoms with van der Waals surface area (Å²) < 4.78 is 4.72. The summed E-state index contributed by atoms with van der Waals surface area (Å²) in [6.45, 7) is 2.24. The molecule has 114 valence electrons. The molecule has 3 nitrogen and oxygen atoms in total. The maximum Gasteiger partial charge on any atom is 0.305 e. The van der Waals surface area contributed by atoms with Crippen molar-refractivity contribution >= 4 is 17.3 Å². The van der Waals surface area contributed by atoms with Crippen LogP contribution in [0.25, 0.3) is 0 Å². The Balaban J connectivity index is 1.93. The van der Waals surface area contributed by atoms with E-state index < -0.39 is 0 Å². The number of benzene rings is 2. The first-order valence-electron chi connectivity index (χ1n) is 7.64. The maximum atomic E-state index is 11.3. The zero-order valence-electron chi connectivity index (χ0n) is 13.3. The Labute approximate surface area is 131 Å². The summed E-state index contributed by atoms with van der Waals surface area (Å²) in [5.41, 5.74) is 6.37. The van der Waals surface area contributed by atoms with Gasteiger partial charge in [0.25, 0.3) is 0 Å². The normalized spacial score (nSPS) is 16.0. The molecule has 0 N–H and O–H groups in total. The van der Waals surface area contributed by atoms with Crippen LogP contribution in [0.3, 0.4) is 0 Å². The first kappa shape index (κ1) is 14.6. The summed E-state index contributed by atoms with van der Waals surface area (Å²) in [6, 6.07) is 15.0. The Morgan fingerprint density at radius 2 is 1.86 bits per heavy atom. The van der Waals surface area contributed by atoms with Gasteiger partial charge in [0.2, 0.25) is 0 Å². The number of hydrogen-bond donors (Lipinski definition) is 0. The molecule has 3 heteroatoms. The predicted octanol–water partition coefficient (Wildman–Crippen LogP) is 4.03. The fraction of sp³-hybridized carbons (Fsp3) is 0.316. The van der Waals surface area contributed by atoms with Crippen LogP contribution in [0.5, 0.6) is 0 Å². The minimum absolute atomic E-state index is 0.159. The van der Waals surface area contributed by atoms with Crippen LogP contribution in [-0.4, -0.2) is 20.1 Å². The lowest BCUT2D eigenvalue weighted by atomic mass is 9.85. The quantitative estimate of drug-likeness (QED) is 0.801. The molecule has 0 amide bonds. The van der Waals surface area contributed by atoms with Crippen molar-refractivity contribution in [3.63, 3.8) is 0 Å². The van der Waals surface area contributed by atoms with Crippen LogP contribution in [-0.2, 0) is 16.0 Å². The van der Waals surface area contributed by atoms with E-state index in [2.05, 4.69) is 61.3 Å². The Hall–Kier alpha value is -2.29. The summed E-state index contributed by atoms with van der Waals surface area (Å²) in [6.07, 6.45) is 1.15. The largest absolute Gasteiger partial charge is 0.469 e. The summed E-state index contributed by atoms with van der Waals surface area (Å²) in [7, 11) is 3.54. The third-order valence-electron chi connectivity index (χ3n) is 4.53. The van der Waals surface area contributed by atoms with Crippen molar-refractivity contribution in [2.75, 3.05) is 19.1 Å². The van der Waals surface area contributed by atoms with Gasteiger partial charge in [-0.25, -0.2) is 0 Å². The Bertz CT molecular complexity index is 708. The number of carbonyl (C=O) groups is 1. The molecule has 0 saturated carbocycles. The zero-order chi connectivity index (χ0) is 15.7. The van der Waals surface area contributed by atoms with E-state index >= 15 is 0 Å². The van der Waals surface area contributed by atoms with Crippen molar-refractivity contribution in [2.45, 2.75) is 25.7 Å². The molecule has 1 aliphatic heterocycles. The van der Waals surface area contributed by atoms with Gasteiger partial charge in [0, 0.05) is 30.8 Å². The summed E-state index contributed by atoms with van der Waals surface area (Å²) >= 11 is 0. The molecule has 2 aromatic carbocycles. The average molecular weight is 295 g/mol. The van der Waals surface area contributed by atoms with Gasteiger partial charge in [0.05, 0.1) is 7.11 Å². The van der Waals surface area contributed by atoms with E-state index in [9.17, 15) is 4.79 Å². The molecule has 1 atom stereocenters. The van der Waals surface area contributed by atoms with Crippen molar-refractivity contribution < 1.29 is 9.53 Å². The minimum atomic E-state index is -0.159. The standard InChI is InChI=1S/C19H21NO2/c1-13-15-6-4-5-7-17(15)20(2)18-10-8-14(12-16(13)18)9-11-19(21)22-3/h4-8,10,12-13H,9,11H2,1-3H3. The van der Waals surface area contributed by atoms with Gasteiger partial charge in [0.1, 0.15) is 0 Å². The number of hydrogen-bond acceptors (Lipinski definition) is 3. The predicted molar refractivity (Wildman–Crippen MR) is 88.8 cm³/mol. The maximum absolute atomic E-state index is 11.3. The second kappa shape index (κ2) is 5.84. The SMILES string of the molecule is COC(=O)CCc1ccc2c(c1)C(C)c1ccccc1N2C. The number of ether oxygens (including phenoxy) is 1. The molecule has 0 spiro atoms. The van der Waals surface area contributed by atoms with Crippen molar-refractivity contribution in [1.82, 2.24) is 0 Å². The lowest BCUT2D eigenvalue weighted by Crippen LogP contribution is -2.20. The molecule has 2 aromatic rings. The van der Waals surface area contributed by atoms with Crippen molar-refractivity contribution in [1.29, 1.82) is 0 Å². The van der Waals surface area contributed by atoms with E-state index in [4.69, 9.17) is 4.74 Å². The number of rotatable bonds is 3. The van der Waals surface area contributed by atoms with E-state index in [-0.39, 0.29) is 5.97 Å². The number of anilines is 2. The average Bonchev–Trinajstić information content (AvgIpc) is 2.57. The first-order valence-corrected chi connectivity index (χ1v) is 7.64. The van der Waals surface area contributed by atoms with Gasteiger partial charge in [-0.05, 0) is 35.2 Å². The summed E-state index contributed by atoms with van der Waals surface area (Å²) in [4.78, 5) is 13.6. The minimum Gasteiger partial charge on any atom is -0.469 e. The third-order valence-corrected chi connectivity index (χ3v) is 4.53. The van der Waals surface area contributed by atoms with E-state index in [0.717, 1.165) is 6.42 Å². The number of nitrogens with zero attached hydrogens (tertiary/aromatic N) is 1. The highest BCUT2D eigenvalue weighted by Crippen LogP contribution is 2.44. The van der Waals surface area contributed by atoms with Gasteiger partial charge in [-0.3, -0.25) is 4.79 Å². The number of esters is 1. The molecule has 3 rings (SSSR count). The highest BCUT2D eigenvalue weighted by Gasteiger charge is 2.25. The second-order valence-corrected chi connectivity index (χ2v) is 5.81. The highest BCUT2D eigenvalue weighted by atomic mass is 16.5. The number of aryl methyl sites for hydroxylation is 1. The van der Waals surface area contributed by atoms with Crippen LogP contribution in [0.15, 0.2) is 42.5 Å². The molecular formula is C19H21NO2. The Morgan fingerprint density at radius 3 is 2.64 bits per heavy atom. The Kier molecular flexibility index (Phi) is 3.88. The lowest BCUT2D eigenvalue weighted by Gasteiger charge is -2.34. The van der Waals surface area contributed by atoms with E-state index in [1.165, 1.54) is 35.2 Å². The number of carbonyl (C=O) groups excluding carboxylic acids is 1. The van der Waals surface area contributed by atoms with Gasteiger partial charge in [-0.1, -0.05) is 37.3 Å². The van der Waals surface area contributed by atoms with E-state index in [1.54, 1.807) is 0 Å². The number of methoxy groups -OCH3 is 1. The molecule has 0 radical (unpaired) electrons. The van der Waals surface area contributed by atoms with Crippen molar-refractivity contribution in [2.24, 2.45) is 0 Å². The molecular weight excluding hydrogens is 274 g/mol. The molecule has 1 aliphatic rings. The van der Waals surface area contributed by atoms with Crippen molar-refractivity contribution in [3.8, 4) is 0 Å². The van der Waals surface area contributed by atoms with Crippen LogP contribution in [0, 0.1) is 0 Å². The van der Waals surface area contributed by atoms with Gasteiger partial charge in [-0.2, -0.15) is 0 Å². The molecule has 0 aliphatic carbocycles. The van der Waals surface area contributed by atoms with Gasteiger partial charge >= 0.3 is 5.97 Å². The smallest absolute Gasteiger partial charge is 0.305 e. The summed E-state index contributed by atoms with van der Waals surface area (Å²) in [5, 5.41) is 0. The van der Waals surface area contributed by atoms with Gasteiger partial charge in [0.15, 0.2) is 0 Å². The second-order valence-electron chi connectivity index (χ2n) is 5.81. The fourth-order valence-electron chi connectivity index (χ4n) is 3.22. The lowest BCUT2D eigenvalue weighted by molar-refractivity contribution is -0.140. The number of fused-ring (bicyclic) bond motifs is 2. The van der Waals surface area contributed by atoms with E-state index in [0.29, 0.717) is 12.3 Å². The molecule has 0 saturated heterocycles. The van der Waals surface area contributed by atoms with E-state index in [1.807, 2.05) is 0 Å². The summed E-state index contributed by atoms with van der Waals surface area (Å²) in [5.74, 6) is 0.203. The highest BCUT2D eigenvalue weighted by molar-refractivity contribution is 5.76. The topological polar surface area (TPSA) is 29.5 Å². The zero-order valence-corrected chi connectivity index (χ0v) is 13.3. The Morgan fingerprint density at radius 1 is 1.14 bits per heavy atom. The monoisotopic (exact) mass is 295 g/mol. The van der Waals surface area contributed by atoms with Gasteiger partial charge < -0.3 is 9.64 Å². The van der Waals surface area contributed by atoms with Gasteiger partial charge in [-0.15, -0.1) is 0 Å². The molecule has 1 unspecified atom stereocenters. The molecule has 22 heavy (non-hydrogen) atoms. The molecule has 0 aromatic heterocycles. The van der Waals surface area contributed by atoms with Crippen molar-refractivity contribution in [3.05, 3.63) is 59.2 Å². The molecule has 1 heterocycles. The third kappa shape index (κ3) is 2.47. The fourth-order valence-corrected chi connectivity index (χ4v) is 3.22. The molecule has 0 bridgehead atoms. The number of para-hydroxylation sites is 1. The van der Waals surface area contributed by atoms with Crippen LogP contribution in [0.4, 0.5) is 11.4 Å². The first-order chi connectivity index (χ1) is 10.6. The molecule has 0 fully saturated rings. The van der Waals surface area contributed by atoms with Crippen LogP contribution >= 0.6 is 0 Å². The van der Waals surface area contributed by atoms with Crippen LogP contribution in [0.1, 0.15) is 36.0 Å². The van der Waals surface area contributed by atoms with Crippen LogP contribution in [0.2, 0.25) is 0 Å².